The zero-order valence-electron chi connectivity index (χ0n) is 15.7. The minimum Gasteiger partial charge on any atom is -0.370 e. The molecule has 5 rings (SSSR count). The van der Waals surface area contributed by atoms with Crippen LogP contribution in [0.3, 0.4) is 0 Å². The lowest BCUT2D eigenvalue weighted by Gasteiger charge is -2.20. The lowest BCUT2D eigenvalue weighted by molar-refractivity contribution is -0.116. The maximum absolute atomic E-state index is 12.7. The Kier molecular flexibility index (Phi) is 4.48. The second-order valence-corrected chi connectivity index (χ2v) is 8.00. The van der Waals surface area contributed by atoms with Crippen molar-refractivity contribution >= 4 is 49.7 Å². The van der Waals surface area contributed by atoms with Gasteiger partial charge in [0.25, 0.3) is 5.56 Å². The third-order valence-electron chi connectivity index (χ3n) is 5.22. The molecule has 0 aliphatic carbocycles. The summed E-state index contributed by atoms with van der Waals surface area (Å²) in [6.07, 6.45) is 5.57. The number of carbonyl (C=O) groups excluding carboxylic acids is 1. The van der Waals surface area contributed by atoms with Crippen LogP contribution in [-0.2, 0) is 11.3 Å². The van der Waals surface area contributed by atoms with Crippen LogP contribution in [0.2, 0.25) is 0 Å². The van der Waals surface area contributed by atoms with Gasteiger partial charge in [0.1, 0.15) is 11.2 Å². The number of amides is 1. The van der Waals surface area contributed by atoms with Gasteiger partial charge in [0.2, 0.25) is 5.91 Å². The van der Waals surface area contributed by atoms with Gasteiger partial charge >= 0.3 is 0 Å². The number of thiophene rings is 1. The molecule has 1 aliphatic rings. The van der Waals surface area contributed by atoms with Crippen molar-refractivity contribution in [1.82, 2.24) is 14.5 Å². The molecule has 29 heavy (non-hydrogen) atoms. The molecule has 146 valence electrons. The van der Waals surface area contributed by atoms with Gasteiger partial charge in [-0.15, -0.1) is 11.3 Å². The van der Waals surface area contributed by atoms with E-state index < -0.39 is 0 Å². The smallest absolute Gasteiger partial charge is 0.271 e. The molecular formula is C21H19N5O2S. The maximum Gasteiger partial charge on any atom is 0.271 e. The van der Waals surface area contributed by atoms with Gasteiger partial charge in [-0.1, -0.05) is 0 Å². The Morgan fingerprint density at radius 2 is 2.00 bits per heavy atom. The molecule has 0 unspecified atom stereocenters. The van der Waals surface area contributed by atoms with E-state index in [9.17, 15) is 9.59 Å². The Morgan fingerprint density at radius 3 is 2.86 bits per heavy atom. The quantitative estimate of drug-likeness (QED) is 0.564. The molecular weight excluding hydrogens is 386 g/mol. The van der Waals surface area contributed by atoms with Crippen LogP contribution >= 0.6 is 11.3 Å². The van der Waals surface area contributed by atoms with E-state index >= 15 is 0 Å². The third kappa shape index (κ3) is 3.25. The van der Waals surface area contributed by atoms with Gasteiger partial charge in [-0.3, -0.25) is 19.1 Å². The molecule has 1 fully saturated rings. The van der Waals surface area contributed by atoms with Crippen LogP contribution in [0.5, 0.6) is 0 Å². The summed E-state index contributed by atoms with van der Waals surface area (Å²) in [5, 5.41) is 5.66. The molecule has 7 nitrogen and oxygen atoms in total. The Bertz CT molecular complexity index is 1270. The van der Waals surface area contributed by atoms with E-state index in [4.69, 9.17) is 0 Å². The number of aromatic nitrogens is 3. The van der Waals surface area contributed by atoms with Gasteiger partial charge < -0.3 is 10.2 Å². The van der Waals surface area contributed by atoms with Crippen molar-refractivity contribution in [2.75, 3.05) is 23.3 Å². The van der Waals surface area contributed by atoms with Crippen LogP contribution in [0, 0.1) is 0 Å². The van der Waals surface area contributed by atoms with Crippen molar-refractivity contribution in [2.24, 2.45) is 0 Å². The highest BCUT2D eigenvalue weighted by atomic mass is 32.1. The first-order chi connectivity index (χ1) is 14.2. The molecule has 0 radical (unpaired) electrons. The number of nitrogens with one attached hydrogen (secondary N) is 1. The summed E-state index contributed by atoms with van der Waals surface area (Å²) in [6, 6.07) is 9.56. The van der Waals surface area contributed by atoms with E-state index in [2.05, 4.69) is 20.2 Å². The number of pyridine rings is 1. The third-order valence-corrected chi connectivity index (χ3v) is 6.11. The van der Waals surface area contributed by atoms with Crippen LogP contribution in [0.4, 0.5) is 11.4 Å². The highest BCUT2D eigenvalue weighted by Crippen LogP contribution is 2.32. The van der Waals surface area contributed by atoms with Crippen molar-refractivity contribution in [3.8, 4) is 0 Å². The van der Waals surface area contributed by atoms with Crippen LogP contribution in [0.1, 0.15) is 12.8 Å². The predicted molar refractivity (Wildman–Crippen MR) is 116 cm³/mol. The zero-order valence-corrected chi connectivity index (χ0v) is 16.5. The van der Waals surface area contributed by atoms with Gasteiger partial charge in [0.15, 0.2) is 0 Å². The molecule has 3 aromatic heterocycles. The van der Waals surface area contributed by atoms with E-state index in [-0.39, 0.29) is 18.0 Å². The lowest BCUT2D eigenvalue weighted by atomic mass is 10.1. The van der Waals surface area contributed by atoms with Gasteiger partial charge in [-0.2, -0.15) is 0 Å². The second-order valence-electron chi connectivity index (χ2n) is 7.09. The number of rotatable bonds is 4. The van der Waals surface area contributed by atoms with Crippen molar-refractivity contribution in [2.45, 2.75) is 19.4 Å². The first-order valence-electron chi connectivity index (χ1n) is 9.56. The van der Waals surface area contributed by atoms with Crippen molar-refractivity contribution in [1.29, 1.82) is 0 Å². The number of carbonyl (C=O) groups is 1. The minimum absolute atomic E-state index is 0.0880. The van der Waals surface area contributed by atoms with E-state index in [0.29, 0.717) is 15.9 Å². The Labute approximate surface area is 170 Å². The van der Waals surface area contributed by atoms with E-state index in [1.54, 1.807) is 12.3 Å². The average molecular weight is 405 g/mol. The monoisotopic (exact) mass is 405 g/mol. The number of hydrogen-bond donors (Lipinski definition) is 1. The van der Waals surface area contributed by atoms with E-state index in [1.807, 2.05) is 29.6 Å². The molecule has 4 aromatic rings. The molecule has 1 saturated heterocycles. The van der Waals surface area contributed by atoms with Gasteiger partial charge in [0.05, 0.1) is 28.7 Å². The van der Waals surface area contributed by atoms with Gasteiger partial charge in [-0.05, 0) is 48.6 Å². The minimum atomic E-state index is -0.274. The first-order valence-corrected chi connectivity index (χ1v) is 10.4. The number of hydrogen-bond acceptors (Lipinski definition) is 6. The van der Waals surface area contributed by atoms with Crippen molar-refractivity contribution < 1.29 is 4.79 Å². The van der Waals surface area contributed by atoms with Crippen LogP contribution < -0.4 is 15.8 Å². The van der Waals surface area contributed by atoms with Crippen molar-refractivity contribution in [3.63, 3.8) is 0 Å². The predicted octanol–water partition coefficient (Wildman–Crippen LogP) is 3.25. The number of fused-ring (bicyclic) bond motifs is 2. The fourth-order valence-electron chi connectivity index (χ4n) is 3.82. The summed E-state index contributed by atoms with van der Waals surface area (Å²) < 4.78 is 1.90. The summed E-state index contributed by atoms with van der Waals surface area (Å²) in [5.41, 5.74) is 3.13. The Hall–Kier alpha value is -3.26. The van der Waals surface area contributed by atoms with E-state index in [0.717, 1.165) is 29.7 Å². The highest BCUT2D eigenvalue weighted by molar-refractivity contribution is 7.17. The molecule has 8 heteroatoms. The van der Waals surface area contributed by atoms with Crippen LogP contribution in [0.25, 0.3) is 21.1 Å². The molecule has 0 saturated carbocycles. The fraction of sp³-hybridized carbons (Fsp3) is 0.238. The van der Waals surface area contributed by atoms with Crippen LogP contribution in [-0.4, -0.2) is 33.5 Å². The molecule has 0 bridgehead atoms. The SMILES string of the molecule is O=C(Cn1cnc2ccsc2c1=O)Nc1ccc(N2CCCC2)c2ncccc12. The number of nitrogens with zero attached hydrogens (tertiary/aromatic N) is 4. The topological polar surface area (TPSA) is 80.1 Å². The average Bonchev–Trinajstić information content (AvgIpc) is 3.43. The van der Waals surface area contributed by atoms with Gasteiger partial charge in [-0.25, -0.2) is 4.98 Å². The maximum atomic E-state index is 12.7. The number of anilines is 2. The lowest BCUT2D eigenvalue weighted by Crippen LogP contribution is -2.27. The Morgan fingerprint density at radius 1 is 1.14 bits per heavy atom. The molecule has 0 spiro atoms. The number of benzene rings is 1. The summed E-state index contributed by atoms with van der Waals surface area (Å²) >= 11 is 1.33. The normalized spacial score (nSPS) is 14.0. The zero-order chi connectivity index (χ0) is 19.8. The molecule has 1 aliphatic heterocycles. The standard InChI is InChI=1S/C21H19N5O2S/c27-18(12-26-13-23-16-7-11-29-20(16)21(26)28)24-15-5-6-17(25-9-1-2-10-25)19-14(15)4-3-8-22-19/h3-8,11,13H,1-2,9-10,12H2,(H,24,27). The summed E-state index contributed by atoms with van der Waals surface area (Å²) in [4.78, 5) is 36.3. The first kappa shape index (κ1) is 17.8. The van der Waals surface area contributed by atoms with E-state index in [1.165, 1.54) is 35.1 Å². The highest BCUT2D eigenvalue weighted by Gasteiger charge is 2.18. The summed E-state index contributed by atoms with van der Waals surface area (Å²) in [5.74, 6) is -0.274. The molecule has 0 atom stereocenters. The molecule has 1 amide bonds. The summed E-state index contributed by atoms with van der Waals surface area (Å²) in [7, 11) is 0. The Balaban J connectivity index is 1.43. The second kappa shape index (κ2) is 7.29. The van der Waals surface area contributed by atoms with Gasteiger partial charge in [0, 0.05) is 24.7 Å². The van der Waals surface area contributed by atoms with Crippen molar-refractivity contribution in [3.05, 3.63) is 58.6 Å². The largest absolute Gasteiger partial charge is 0.370 e. The fourth-order valence-corrected chi connectivity index (χ4v) is 4.61. The van der Waals surface area contributed by atoms with Crippen LogP contribution in [0.15, 0.2) is 53.0 Å². The molecule has 1 N–H and O–H groups in total. The molecule has 4 heterocycles. The summed E-state index contributed by atoms with van der Waals surface area (Å²) in [6.45, 7) is 1.96. The molecule has 1 aromatic carbocycles.